The predicted octanol–water partition coefficient (Wildman–Crippen LogP) is 6.51. The molecule has 0 saturated carbocycles. The van der Waals surface area contributed by atoms with Crippen molar-refractivity contribution >= 4 is 27.1 Å². The lowest BCUT2D eigenvalue weighted by molar-refractivity contribution is -0.509. The first-order valence-corrected chi connectivity index (χ1v) is 12.0. The van der Waals surface area contributed by atoms with Crippen LogP contribution in [0.4, 0.5) is 0 Å². The molecule has 37 heavy (non-hydrogen) atoms. The van der Waals surface area contributed by atoms with Gasteiger partial charge in [-0.15, -0.1) is 0 Å². The fraction of sp³-hybridized carbons (Fsp3) is 0.0909. The van der Waals surface area contributed by atoms with Crippen LogP contribution in [-0.4, -0.2) is 17.3 Å². The summed E-state index contributed by atoms with van der Waals surface area (Å²) in [4.78, 5) is 0. The molecule has 2 N–H and O–H groups in total. The number of hydrogen-bond donors (Lipinski definition) is 2. The van der Waals surface area contributed by atoms with Gasteiger partial charge in [-0.1, -0.05) is 54.6 Å². The number of aliphatic hydroxyl groups is 2. The Morgan fingerprint density at radius 3 is 2.00 bits per heavy atom. The fourth-order valence-electron chi connectivity index (χ4n) is 5.02. The van der Waals surface area contributed by atoms with Crippen molar-refractivity contribution in [1.82, 2.24) is 0 Å². The molecular formula is C33H29NO3. The van der Waals surface area contributed by atoms with E-state index in [9.17, 15) is 10.2 Å². The summed E-state index contributed by atoms with van der Waals surface area (Å²) in [5.74, 6) is 0.829. The lowest BCUT2D eigenvalue weighted by atomic mass is 9.96. The van der Waals surface area contributed by atoms with E-state index in [1.54, 1.807) is 7.11 Å². The number of pyridine rings is 2. The Morgan fingerprint density at radius 1 is 0.676 bits per heavy atom. The summed E-state index contributed by atoms with van der Waals surface area (Å²) >= 11 is 0. The molecule has 4 aromatic carbocycles. The second-order valence-corrected chi connectivity index (χ2v) is 9.03. The summed E-state index contributed by atoms with van der Waals surface area (Å²) in [6, 6.07) is 31.4. The molecule has 0 unspecified atom stereocenters. The molecule has 2 heterocycles. The van der Waals surface area contributed by atoms with Crippen molar-refractivity contribution in [3.8, 4) is 28.0 Å². The predicted molar refractivity (Wildman–Crippen MR) is 150 cm³/mol. The summed E-state index contributed by atoms with van der Waals surface area (Å²) in [7, 11) is 1.71. The first-order valence-electron chi connectivity index (χ1n) is 12.0. The van der Waals surface area contributed by atoms with Crippen LogP contribution in [-0.2, 0) is 13.2 Å². The van der Waals surface area contributed by atoms with Crippen molar-refractivity contribution in [3.05, 3.63) is 122 Å². The molecule has 184 valence electrons. The van der Waals surface area contributed by atoms with Gasteiger partial charge in [0.1, 0.15) is 5.75 Å². The van der Waals surface area contributed by atoms with Crippen LogP contribution in [0.2, 0.25) is 0 Å². The van der Waals surface area contributed by atoms with Crippen molar-refractivity contribution in [2.45, 2.75) is 13.2 Å². The lowest BCUT2D eigenvalue weighted by Gasteiger charge is -2.12. The minimum Gasteiger partial charge on any atom is -0.496 e. The number of ether oxygens (including phenoxy) is 1. The van der Waals surface area contributed by atoms with Crippen LogP contribution in [0.3, 0.4) is 0 Å². The minimum atomic E-state index is -0.104. The smallest absolute Gasteiger partial charge is 0.219 e. The summed E-state index contributed by atoms with van der Waals surface area (Å²) in [6.07, 6.45) is 4.12. The Hall–Kier alpha value is -4.25. The third-order valence-corrected chi connectivity index (χ3v) is 6.96. The van der Waals surface area contributed by atoms with Gasteiger partial charge in [-0.05, 0) is 62.9 Å². The van der Waals surface area contributed by atoms with E-state index in [0.717, 1.165) is 55.1 Å². The van der Waals surface area contributed by atoms with Gasteiger partial charge in [0, 0.05) is 23.1 Å². The zero-order chi connectivity index (χ0) is 24.6. The first kappa shape index (κ1) is 24.4. The Balaban J connectivity index is 0.00000280. The molecule has 0 fully saturated rings. The van der Waals surface area contributed by atoms with E-state index in [1.165, 1.54) is 11.1 Å². The Kier molecular flexibility index (Phi) is 6.62. The highest BCUT2D eigenvalue weighted by Gasteiger charge is 2.16. The van der Waals surface area contributed by atoms with E-state index in [1.807, 2.05) is 24.4 Å². The summed E-state index contributed by atoms with van der Waals surface area (Å²) in [5.41, 5.74) is 7.04. The third kappa shape index (κ3) is 4.31. The third-order valence-electron chi connectivity index (χ3n) is 6.96. The highest BCUT2D eigenvalue weighted by Crippen LogP contribution is 2.36. The number of hydrogen-bond acceptors (Lipinski definition) is 3. The standard InChI is InChI=1S/C32H26NO3.CH3/c1-36-32-16-24-11-12-33-18-26-14-28(20-35)27(19-34)13-25(26)15-31(33)29(24)17-30(32)23-9-7-22(8-10-23)21-5-3-2-4-6-21;/h2-18,34-35H,19-20H2,1H3;1H3/q+1;-1. The van der Waals surface area contributed by atoms with E-state index >= 15 is 0 Å². The topological polar surface area (TPSA) is 53.8 Å². The van der Waals surface area contributed by atoms with E-state index in [-0.39, 0.29) is 20.6 Å². The molecule has 2 aromatic heterocycles. The SMILES string of the molecule is COc1cc2cc[n+]3cc4cc(CO)c(CO)cc4cc3c2cc1-c1ccc(-c2ccccc2)cc1.[CH3-]. The Morgan fingerprint density at radius 2 is 1.32 bits per heavy atom. The Labute approximate surface area is 216 Å². The molecule has 0 spiro atoms. The van der Waals surface area contributed by atoms with Gasteiger partial charge in [0.05, 0.1) is 25.7 Å². The van der Waals surface area contributed by atoms with Gasteiger partial charge in [-0.3, -0.25) is 0 Å². The van der Waals surface area contributed by atoms with Crippen LogP contribution in [0.5, 0.6) is 5.75 Å². The minimum absolute atomic E-state index is 0. The van der Waals surface area contributed by atoms with Gasteiger partial charge in [-0.25, -0.2) is 0 Å². The molecule has 4 nitrogen and oxygen atoms in total. The van der Waals surface area contributed by atoms with Crippen LogP contribution in [0.1, 0.15) is 11.1 Å². The van der Waals surface area contributed by atoms with Gasteiger partial charge >= 0.3 is 0 Å². The fourth-order valence-corrected chi connectivity index (χ4v) is 5.02. The quantitative estimate of drug-likeness (QED) is 0.126. The van der Waals surface area contributed by atoms with Crippen molar-refractivity contribution < 1.29 is 19.4 Å². The second-order valence-electron chi connectivity index (χ2n) is 9.03. The maximum absolute atomic E-state index is 9.78. The number of nitrogens with zero attached hydrogens (tertiary/aromatic N) is 1. The molecule has 0 radical (unpaired) electrons. The van der Waals surface area contributed by atoms with Gasteiger partial charge in [0.25, 0.3) is 0 Å². The summed E-state index contributed by atoms with van der Waals surface area (Å²) < 4.78 is 7.91. The van der Waals surface area contributed by atoms with E-state index < -0.39 is 0 Å². The molecule has 0 saturated heterocycles. The monoisotopic (exact) mass is 487 g/mol. The zero-order valence-electron chi connectivity index (χ0n) is 21.0. The van der Waals surface area contributed by atoms with Gasteiger partial charge < -0.3 is 22.4 Å². The molecule has 0 aliphatic carbocycles. The van der Waals surface area contributed by atoms with Gasteiger partial charge in [0.15, 0.2) is 12.4 Å². The lowest BCUT2D eigenvalue weighted by Crippen LogP contribution is -2.20. The Bertz CT molecular complexity index is 1730. The molecule has 6 rings (SSSR count). The molecule has 6 aromatic rings. The molecule has 4 heteroatoms. The molecule has 0 atom stereocenters. The zero-order valence-corrected chi connectivity index (χ0v) is 21.0. The van der Waals surface area contributed by atoms with Crippen molar-refractivity contribution in [2.75, 3.05) is 7.11 Å². The molecule has 0 amide bonds. The summed E-state index contributed by atoms with van der Waals surface area (Å²) in [5, 5.41) is 23.7. The maximum Gasteiger partial charge on any atom is 0.219 e. The number of aliphatic hydroxyl groups excluding tert-OH is 2. The highest BCUT2D eigenvalue weighted by atomic mass is 16.5. The number of aromatic nitrogens is 1. The molecule has 0 bridgehead atoms. The van der Waals surface area contributed by atoms with E-state index in [0.29, 0.717) is 0 Å². The maximum atomic E-state index is 9.78. The first-order chi connectivity index (χ1) is 17.7. The van der Waals surface area contributed by atoms with Crippen molar-refractivity contribution in [1.29, 1.82) is 0 Å². The van der Waals surface area contributed by atoms with E-state index in [4.69, 9.17) is 4.74 Å². The normalized spacial score (nSPS) is 11.1. The van der Waals surface area contributed by atoms with Crippen LogP contribution in [0.25, 0.3) is 49.3 Å². The number of methoxy groups -OCH3 is 1. The average Bonchev–Trinajstić information content (AvgIpc) is 2.95. The van der Waals surface area contributed by atoms with Crippen molar-refractivity contribution in [3.63, 3.8) is 0 Å². The number of benzene rings is 4. The summed E-state index contributed by atoms with van der Waals surface area (Å²) in [6.45, 7) is -0.203. The molecule has 0 aliphatic rings. The largest absolute Gasteiger partial charge is 0.496 e. The van der Waals surface area contributed by atoms with Crippen LogP contribution in [0, 0.1) is 7.43 Å². The van der Waals surface area contributed by atoms with Gasteiger partial charge in [-0.2, -0.15) is 4.40 Å². The van der Waals surface area contributed by atoms with Crippen LogP contribution < -0.4 is 9.14 Å². The molecular weight excluding hydrogens is 458 g/mol. The average molecular weight is 488 g/mol. The second kappa shape index (κ2) is 10.0. The highest BCUT2D eigenvalue weighted by molar-refractivity contribution is 6.01. The molecule has 0 aliphatic heterocycles. The number of rotatable bonds is 5. The van der Waals surface area contributed by atoms with E-state index in [2.05, 4.69) is 83.4 Å². The number of fused-ring (bicyclic) bond motifs is 4. The van der Waals surface area contributed by atoms with Gasteiger partial charge in [0.2, 0.25) is 5.52 Å². The van der Waals surface area contributed by atoms with Crippen LogP contribution in [0.15, 0.2) is 103 Å². The van der Waals surface area contributed by atoms with Crippen LogP contribution >= 0.6 is 0 Å². The van der Waals surface area contributed by atoms with Crippen molar-refractivity contribution in [2.24, 2.45) is 0 Å².